The smallest absolute Gasteiger partial charge is 0.370 e. The molecule has 0 bridgehead atoms. The quantitative estimate of drug-likeness (QED) is 0.267. The predicted molar refractivity (Wildman–Crippen MR) is 140 cm³/mol. The predicted octanol–water partition coefficient (Wildman–Crippen LogP) is 5.24. The van der Waals surface area contributed by atoms with Crippen LogP contribution in [0, 0.1) is 13.8 Å². The average Bonchev–Trinajstić information content (AvgIpc) is 3.45. The van der Waals surface area contributed by atoms with Crippen LogP contribution in [-0.2, 0) is 19.1 Å². The Morgan fingerprint density at radius 2 is 1.62 bits per heavy atom. The Morgan fingerprint density at radius 1 is 0.892 bits per heavy atom. The molecule has 37 heavy (non-hydrogen) atoms. The first-order valence-corrected chi connectivity index (χ1v) is 11.7. The summed E-state index contributed by atoms with van der Waals surface area (Å²) in [6, 6.07) is 10.2. The van der Waals surface area contributed by atoms with Crippen molar-refractivity contribution in [3.05, 3.63) is 101 Å². The topological polar surface area (TPSA) is 107 Å². The highest BCUT2D eigenvalue weighted by Gasteiger charge is 2.34. The van der Waals surface area contributed by atoms with Gasteiger partial charge in [-0.3, -0.25) is 0 Å². The van der Waals surface area contributed by atoms with E-state index < -0.39 is 6.05 Å². The summed E-state index contributed by atoms with van der Waals surface area (Å²) >= 11 is 0. The molecule has 0 saturated carbocycles. The molecule has 0 atom stereocenters. The Labute approximate surface area is 212 Å². The van der Waals surface area contributed by atoms with E-state index in [0.717, 1.165) is 27.5 Å². The fraction of sp³-hybridized carbons (Fsp3) is 0.185. The average molecular weight is 501 g/mol. The third kappa shape index (κ3) is 4.90. The van der Waals surface area contributed by atoms with Crippen LogP contribution in [0.2, 0.25) is 0 Å². The third-order valence-corrected chi connectivity index (χ3v) is 6.39. The monoisotopic (exact) mass is 500 g/mol. The highest BCUT2D eigenvalue weighted by atomic mass is 19.3. The Morgan fingerprint density at radius 3 is 2.32 bits per heavy atom. The van der Waals surface area contributed by atoms with Gasteiger partial charge in [0.15, 0.2) is 0 Å². The lowest BCUT2D eigenvalue weighted by molar-refractivity contribution is -0.0482. The minimum atomic E-state index is -3.21. The van der Waals surface area contributed by atoms with Crippen molar-refractivity contribution in [2.75, 3.05) is 16.4 Å². The molecule has 0 radical (unpaired) electrons. The van der Waals surface area contributed by atoms with Gasteiger partial charge in [-0.05, 0) is 59.7 Å². The largest absolute Gasteiger partial charge is 0.383 e. The van der Waals surface area contributed by atoms with Crippen LogP contribution in [0.5, 0.6) is 0 Å². The van der Waals surface area contributed by atoms with E-state index in [2.05, 4.69) is 50.6 Å². The lowest BCUT2D eigenvalue weighted by atomic mass is 9.96. The number of alkyl halides is 2. The number of nitrogens with zero attached hydrogens (tertiary/aromatic N) is 5. The maximum absolute atomic E-state index is 14.5. The molecule has 0 aliphatic rings. The molecule has 0 amide bonds. The molecule has 0 aliphatic carbocycles. The van der Waals surface area contributed by atoms with E-state index in [0.29, 0.717) is 35.2 Å². The van der Waals surface area contributed by atoms with Gasteiger partial charge in [-0.1, -0.05) is 24.3 Å². The van der Waals surface area contributed by atoms with Crippen LogP contribution in [-0.4, -0.2) is 24.7 Å². The van der Waals surface area contributed by atoms with Crippen molar-refractivity contribution in [2.24, 2.45) is 0 Å². The van der Waals surface area contributed by atoms with Crippen molar-refractivity contribution in [1.82, 2.24) is 24.7 Å². The number of aryl methyl sites for hydroxylation is 2. The van der Waals surface area contributed by atoms with Gasteiger partial charge in [0.25, 0.3) is 0 Å². The maximum Gasteiger partial charge on any atom is 0.370 e. The Kier molecular flexibility index (Phi) is 6.39. The van der Waals surface area contributed by atoms with E-state index in [1.54, 1.807) is 18.3 Å². The van der Waals surface area contributed by atoms with E-state index in [-0.39, 0.29) is 5.56 Å². The van der Waals surface area contributed by atoms with Crippen LogP contribution in [0.3, 0.4) is 0 Å². The molecule has 3 heterocycles. The zero-order valence-electron chi connectivity index (χ0n) is 20.4. The summed E-state index contributed by atoms with van der Waals surface area (Å²) < 4.78 is 29.7. The fourth-order valence-electron chi connectivity index (χ4n) is 4.31. The molecule has 2 aromatic carbocycles. The van der Waals surface area contributed by atoms with E-state index in [1.807, 2.05) is 12.1 Å². The summed E-state index contributed by atoms with van der Waals surface area (Å²) in [5.74, 6) is 1.81. The van der Waals surface area contributed by atoms with Gasteiger partial charge in [-0.2, -0.15) is 13.9 Å². The lowest BCUT2D eigenvalue weighted by Gasteiger charge is -2.17. The molecule has 10 heteroatoms. The number of hydrogen-bond donors (Lipinski definition) is 3. The Hall–Kier alpha value is -4.60. The summed E-state index contributed by atoms with van der Waals surface area (Å²) in [7, 11) is 0. The maximum atomic E-state index is 14.5. The molecular formula is C27H26F2N8. The number of benzene rings is 2. The first-order chi connectivity index (χ1) is 17.8. The second kappa shape index (κ2) is 9.81. The van der Waals surface area contributed by atoms with Crippen LogP contribution in [0.25, 0.3) is 10.8 Å². The number of nitrogens with one attached hydrogen (secondary N) is 2. The van der Waals surface area contributed by atoms with E-state index in [1.165, 1.54) is 42.5 Å². The van der Waals surface area contributed by atoms with Gasteiger partial charge in [-0.25, -0.2) is 19.6 Å². The number of rotatable bonds is 8. The summed E-state index contributed by atoms with van der Waals surface area (Å²) in [6.45, 7) is 5.13. The minimum absolute atomic E-state index is 0.133. The fourth-order valence-corrected chi connectivity index (χ4v) is 4.31. The van der Waals surface area contributed by atoms with Crippen LogP contribution in [0.1, 0.15) is 27.8 Å². The van der Waals surface area contributed by atoms with Crippen molar-refractivity contribution in [3.8, 4) is 0 Å². The molecule has 5 rings (SSSR count). The molecular weight excluding hydrogens is 474 g/mol. The van der Waals surface area contributed by atoms with Gasteiger partial charge in [0.05, 0.1) is 0 Å². The summed E-state index contributed by atoms with van der Waals surface area (Å²) in [5.41, 5.74) is 10.2. The summed E-state index contributed by atoms with van der Waals surface area (Å²) in [5, 5.41) is 12.3. The highest BCUT2D eigenvalue weighted by molar-refractivity contribution is 5.94. The molecule has 0 aliphatic heterocycles. The van der Waals surface area contributed by atoms with Crippen molar-refractivity contribution >= 4 is 28.2 Å². The zero-order valence-corrected chi connectivity index (χ0v) is 20.4. The third-order valence-electron chi connectivity index (χ3n) is 6.39. The first-order valence-electron chi connectivity index (χ1n) is 11.7. The zero-order chi connectivity index (χ0) is 26.0. The molecule has 8 nitrogen and oxygen atoms in total. The van der Waals surface area contributed by atoms with Crippen molar-refractivity contribution < 1.29 is 8.78 Å². The van der Waals surface area contributed by atoms with Gasteiger partial charge in [0.1, 0.15) is 23.8 Å². The number of aromatic nitrogens is 5. The molecule has 188 valence electrons. The number of nitrogens with two attached hydrogens (primary N) is 1. The van der Waals surface area contributed by atoms with Gasteiger partial charge < -0.3 is 16.4 Å². The molecule has 4 N–H and O–H groups in total. The second-order valence-electron chi connectivity index (χ2n) is 8.77. The van der Waals surface area contributed by atoms with Crippen LogP contribution in [0.15, 0.2) is 73.4 Å². The van der Waals surface area contributed by atoms with Gasteiger partial charge >= 0.3 is 6.05 Å². The Bertz CT molecular complexity index is 1530. The Balaban J connectivity index is 1.24. The molecule has 0 unspecified atom stereocenters. The molecule has 0 spiro atoms. The van der Waals surface area contributed by atoms with E-state index >= 15 is 0 Å². The molecule has 3 aromatic heterocycles. The summed E-state index contributed by atoms with van der Waals surface area (Å²) in [6.07, 6.45) is 5.77. The normalized spacial score (nSPS) is 11.6. The van der Waals surface area contributed by atoms with Crippen molar-refractivity contribution in [3.63, 3.8) is 0 Å². The lowest BCUT2D eigenvalue weighted by Crippen LogP contribution is -2.24. The SMILES string of the molecule is Cc1cc2c(N)nccc2c(C)c1CNc1cc(NCc2ccc(C(F)(F)n3cccn3)cc2)ncn1. The molecule has 0 fully saturated rings. The molecule has 5 aromatic rings. The van der Waals surface area contributed by atoms with Gasteiger partial charge in [0.2, 0.25) is 0 Å². The minimum Gasteiger partial charge on any atom is -0.383 e. The number of halogens is 2. The van der Waals surface area contributed by atoms with Crippen LogP contribution in [0.4, 0.5) is 26.2 Å². The first kappa shape index (κ1) is 24.1. The van der Waals surface area contributed by atoms with Crippen LogP contribution < -0.4 is 16.4 Å². The number of fused-ring (bicyclic) bond motifs is 1. The standard InChI is InChI=1S/C27H26F2N8/c1-17-12-22-21(8-10-31-26(22)30)18(2)23(17)15-33-25-13-24(34-16-35-25)32-14-19-4-6-20(7-5-19)27(28,29)37-11-3-9-36-37/h3-13,16H,14-15H2,1-2H3,(H2,30,31)(H2,32,33,34,35). The van der Waals surface area contributed by atoms with Crippen LogP contribution >= 0.6 is 0 Å². The molecule has 0 saturated heterocycles. The van der Waals surface area contributed by atoms with Crippen molar-refractivity contribution in [1.29, 1.82) is 0 Å². The van der Waals surface area contributed by atoms with E-state index in [4.69, 9.17) is 5.73 Å². The number of nitrogen functional groups attached to an aromatic ring is 1. The highest BCUT2D eigenvalue weighted by Crippen LogP contribution is 2.30. The summed E-state index contributed by atoms with van der Waals surface area (Å²) in [4.78, 5) is 12.8. The van der Waals surface area contributed by atoms with Gasteiger partial charge in [-0.15, -0.1) is 0 Å². The van der Waals surface area contributed by atoms with Gasteiger partial charge in [0, 0.05) is 48.7 Å². The number of hydrogen-bond acceptors (Lipinski definition) is 7. The number of pyridine rings is 1. The van der Waals surface area contributed by atoms with Crippen molar-refractivity contribution in [2.45, 2.75) is 33.0 Å². The number of anilines is 3. The second-order valence-corrected chi connectivity index (χ2v) is 8.77. The van der Waals surface area contributed by atoms with E-state index in [9.17, 15) is 8.78 Å².